The van der Waals surface area contributed by atoms with Crippen LogP contribution in [0.15, 0.2) is 47.5 Å². The summed E-state index contributed by atoms with van der Waals surface area (Å²) in [5, 5.41) is 11.2. The molecule has 38 heavy (non-hydrogen) atoms. The number of benzene rings is 1. The van der Waals surface area contributed by atoms with Crippen molar-refractivity contribution in [2.75, 3.05) is 13.1 Å². The Morgan fingerprint density at radius 3 is 2.45 bits per heavy atom. The van der Waals surface area contributed by atoms with E-state index in [1.54, 1.807) is 24.3 Å². The largest absolute Gasteiger partial charge is 0.338 e. The van der Waals surface area contributed by atoms with E-state index in [9.17, 15) is 32.0 Å². The molecule has 2 heterocycles. The highest BCUT2D eigenvalue weighted by atomic mass is 35.5. The first-order valence-corrected chi connectivity index (χ1v) is 14.2. The van der Waals surface area contributed by atoms with E-state index in [1.165, 1.54) is 18.3 Å². The van der Waals surface area contributed by atoms with Gasteiger partial charge in [0.2, 0.25) is 11.8 Å². The van der Waals surface area contributed by atoms with E-state index in [1.807, 2.05) is 0 Å². The van der Waals surface area contributed by atoms with E-state index in [0.717, 1.165) is 4.90 Å². The van der Waals surface area contributed by atoms with Crippen molar-refractivity contribution in [3.05, 3.63) is 47.7 Å². The van der Waals surface area contributed by atoms with Gasteiger partial charge in [-0.3, -0.25) is 9.59 Å². The minimum atomic E-state index is -4.00. The number of carbonyl (C=O) groups is 2. The van der Waals surface area contributed by atoms with Gasteiger partial charge in [0.15, 0.2) is 9.84 Å². The summed E-state index contributed by atoms with van der Waals surface area (Å²) in [6.45, 7) is -0.917. The van der Waals surface area contributed by atoms with Crippen LogP contribution in [0.4, 0.5) is 8.78 Å². The number of nitrogens with one attached hydrogen (secondary N) is 1. The first kappa shape index (κ1) is 26.5. The minimum Gasteiger partial charge on any atom is -0.338 e. The summed E-state index contributed by atoms with van der Waals surface area (Å²) in [5.41, 5.74) is 0.252. The number of likely N-dealkylation sites (tertiary alicyclic amines) is 1. The SMILES string of the molecule is N#CC1(NC(=O)[C@@H]2C[C@@H](S(=O)(=O)c3cccc(-c4ccnc(Cl)c4)c3)CC2C(=O)N2CCC(F)(F)C2)CC1. The van der Waals surface area contributed by atoms with Crippen LogP contribution in [0.3, 0.4) is 0 Å². The van der Waals surface area contributed by atoms with Gasteiger partial charge in [-0.05, 0) is 61.1 Å². The number of hydrogen-bond acceptors (Lipinski definition) is 6. The fourth-order valence-electron chi connectivity index (χ4n) is 5.31. The Hall–Kier alpha value is -3.10. The quantitative estimate of drug-likeness (QED) is 0.537. The molecule has 0 radical (unpaired) electrons. The van der Waals surface area contributed by atoms with Gasteiger partial charge in [-0.25, -0.2) is 22.2 Å². The van der Waals surface area contributed by atoms with Crippen LogP contribution in [-0.4, -0.2) is 59.9 Å². The van der Waals surface area contributed by atoms with Crippen LogP contribution in [0.5, 0.6) is 0 Å². The van der Waals surface area contributed by atoms with Gasteiger partial charge in [0.1, 0.15) is 10.7 Å². The summed E-state index contributed by atoms with van der Waals surface area (Å²) < 4.78 is 55.2. The number of halogens is 3. The molecule has 3 atom stereocenters. The number of pyridine rings is 1. The summed E-state index contributed by atoms with van der Waals surface area (Å²) in [6.07, 6.45) is 1.63. The maximum absolute atomic E-state index is 13.8. The smallest absolute Gasteiger partial charge is 0.267 e. The summed E-state index contributed by atoms with van der Waals surface area (Å²) in [6, 6.07) is 11.6. The molecule has 2 aromatic rings. The third-order valence-electron chi connectivity index (χ3n) is 7.64. The van der Waals surface area contributed by atoms with E-state index in [4.69, 9.17) is 11.6 Å². The number of aromatic nitrogens is 1. The molecule has 3 aliphatic rings. The molecule has 1 N–H and O–H groups in total. The van der Waals surface area contributed by atoms with Gasteiger partial charge < -0.3 is 10.2 Å². The van der Waals surface area contributed by atoms with Crippen LogP contribution in [-0.2, 0) is 19.4 Å². The highest BCUT2D eigenvalue weighted by Gasteiger charge is 2.53. The Balaban J connectivity index is 1.43. The molecule has 2 saturated carbocycles. The lowest BCUT2D eigenvalue weighted by Gasteiger charge is -2.24. The van der Waals surface area contributed by atoms with Crippen molar-refractivity contribution in [1.29, 1.82) is 5.26 Å². The third-order valence-corrected chi connectivity index (χ3v) is 10.0. The third kappa shape index (κ3) is 5.12. The molecule has 1 aromatic heterocycles. The van der Waals surface area contributed by atoms with Gasteiger partial charge in [-0.1, -0.05) is 23.7 Å². The lowest BCUT2D eigenvalue weighted by Crippen LogP contribution is -2.45. The van der Waals surface area contributed by atoms with Crippen LogP contribution in [0, 0.1) is 23.2 Å². The predicted molar refractivity (Wildman–Crippen MR) is 134 cm³/mol. The number of alkyl halides is 2. The Morgan fingerprint density at radius 2 is 1.82 bits per heavy atom. The zero-order valence-electron chi connectivity index (χ0n) is 20.2. The van der Waals surface area contributed by atoms with Gasteiger partial charge in [0.05, 0.1) is 34.6 Å². The summed E-state index contributed by atoms with van der Waals surface area (Å²) >= 11 is 5.98. The van der Waals surface area contributed by atoms with E-state index >= 15 is 0 Å². The zero-order valence-corrected chi connectivity index (χ0v) is 21.8. The van der Waals surface area contributed by atoms with Crippen LogP contribution in [0.25, 0.3) is 11.1 Å². The van der Waals surface area contributed by atoms with Crippen LogP contribution in [0.1, 0.15) is 32.1 Å². The lowest BCUT2D eigenvalue weighted by molar-refractivity contribution is -0.141. The molecule has 3 fully saturated rings. The fourth-order valence-corrected chi connectivity index (χ4v) is 7.35. The zero-order chi connectivity index (χ0) is 27.3. The van der Waals surface area contributed by atoms with Crippen molar-refractivity contribution in [3.63, 3.8) is 0 Å². The maximum Gasteiger partial charge on any atom is 0.267 e. The van der Waals surface area contributed by atoms with Gasteiger partial charge >= 0.3 is 0 Å². The van der Waals surface area contributed by atoms with Gasteiger partial charge in [0.25, 0.3) is 5.92 Å². The van der Waals surface area contributed by atoms with Crippen molar-refractivity contribution >= 4 is 33.3 Å². The summed E-state index contributed by atoms with van der Waals surface area (Å²) in [4.78, 5) is 31.5. The van der Waals surface area contributed by atoms with E-state index < -0.39 is 63.2 Å². The lowest BCUT2D eigenvalue weighted by atomic mass is 9.93. The minimum absolute atomic E-state index is 0.0172. The number of nitriles is 1. The number of nitrogens with zero attached hydrogens (tertiary/aromatic N) is 3. The molecule has 2 aliphatic carbocycles. The molecule has 0 spiro atoms. The molecule has 5 rings (SSSR count). The van der Waals surface area contributed by atoms with E-state index in [2.05, 4.69) is 16.4 Å². The fraction of sp³-hybridized carbons (Fsp3) is 0.462. The van der Waals surface area contributed by atoms with Crippen LogP contribution in [0.2, 0.25) is 5.15 Å². The molecule has 2 amide bonds. The van der Waals surface area contributed by atoms with Crippen LogP contribution >= 0.6 is 11.6 Å². The predicted octanol–water partition coefficient (Wildman–Crippen LogP) is 3.61. The number of hydrogen-bond donors (Lipinski definition) is 1. The molecule has 1 unspecified atom stereocenters. The molecular weight excluding hydrogens is 538 g/mol. The highest BCUT2D eigenvalue weighted by Crippen LogP contribution is 2.43. The Morgan fingerprint density at radius 1 is 1.11 bits per heavy atom. The van der Waals surface area contributed by atoms with E-state index in [0.29, 0.717) is 24.0 Å². The van der Waals surface area contributed by atoms with Crippen molar-refractivity contribution in [1.82, 2.24) is 15.2 Å². The molecule has 0 bridgehead atoms. The number of amides is 2. The van der Waals surface area contributed by atoms with Gasteiger partial charge in [-0.2, -0.15) is 5.26 Å². The van der Waals surface area contributed by atoms with Gasteiger partial charge in [0, 0.05) is 19.2 Å². The Bertz CT molecular complexity index is 1440. The summed E-state index contributed by atoms with van der Waals surface area (Å²) in [7, 11) is -4.00. The molecular formula is C26H25ClF2N4O4S. The highest BCUT2D eigenvalue weighted by molar-refractivity contribution is 7.92. The second-order valence-corrected chi connectivity index (χ2v) is 12.9. The number of carbonyl (C=O) groups excluding carboxylic acids is 2. The monoisotopic (exact) mass is 562 g/mol. The van der Waals surface area contributed by atoms with Gasteiger partial charge in [-0.15, -0.1) is 0 Å². The average molecular weight is 563 g/mol. The topological polar surface area (TPSA) is 120 Å². The number of sulfone groups is 1. The Kier molecular flexibility index (Phi) is 6.68. The van der Waals surface area contributed by atoms with Crippen molar-refractivity contribution < 1.29 is 26.8 Å². The number of rotatable bonds is 6. The average Bonchev–Trinajstić information content (AvgIpc) is 3.33. The second-order valence-electron chi connectivity index (χ2n) is 10.3. The molecule has 1 saturated heterocycles. The van der Waals surface area contributed by atoms with Crippen molar-refractivity contribution in [3.8, 4) is 17.2 Å². The van der Waals surface area contributed by atoms with Crippen molar-refractivity contribution in [2.24, 2.45) is 11.8 Å². The maximum atomic E-state index is 13.8. The molecule has 12 heteroatoms. The first-order valence-electron chi connectivity index (χ1n) is 12.3. The molecule has 200 valence electrons. The normalized spacial score (nSPS) is 25.5. The first-order chi connectivity index (χ1) is 17.9. The molecule has 8 nitrogen and oxygen atoms in total. The molecule has 1 aromatic carbocycles. The standard InChI is InChI=1S/C26H25ClF2N4O4S/c27-22-11-17(4-8-31-22)16-2-1-3-18(10-16)38(36,37)19-12-20(23(34)32-25(14-30)5-6-25)21(13-19)24(35)33-9-7-26(28,29)15-33/h1-4,8,10-11,19-21H,5-7,9,12-13,15H2,(H,32,34)/t19-,20-,21?/m1/s1. The van der Waals surface area contributed by atoms with Crippen LogP contribution < -0.4 is 5.32 Å². The van der Waals surface area contributed by atoms with Crippen molar-refractivity contribution in [2.45, 2.75) is 53.7 Å². The van der Waals surface area contributed by atoms with E-state index in [-0.39, 0.29) is 29.4 Å². The Labute approximate surface area is 223 Å². The molecule has 1 aliphatic heterocycles. The summed E-state index contributed by atoms with van der Waals surface area (Å²) in [5.74, 6) is -6.40. The second kappa shape index (κ2) is 9.58.